The molecule has 0 aliphatic rings. The lowest BCUT2D eigenvalue weighted by molar-refractivity contribution is 0.370. The lowest BCUT2D eigenvalue weighted by Gasteiger charge is -2.16. The van der Waals surface area contributed by atoms with E-state index in [1.807, 2.05) is 0 Å². The summed E-state index contributed by atoms with van der Waals surface area (Å²) in [6, 6.07) is 3.17. The molecule has 0 amide bonds. The molecule has 0 fully saturated rings. The third-order valence-electron chi connectivity index (χ3n) is 5.72. The largest absolute Gasteiger partial charge is 0.507 e. The van der Waals surface area contributed by atoms with E-state index in [2.05, 4.69) is 27.7 Å². The average Bonchev–Trinajstić information content (AvgIpc) is 2.71. The van der Waals surface area contributed by atoms with Crippen LogP contribution in [0.3, 0.4) is 0 Å². The van der Waals surface area contributed by atoms with Gasteiger partial charge in [-0.1, -0.05) is 27.7 Å². The highest BCUT2D eigenvalue weighted by Gasteiger charge is 2.23. The molecule has 0 aliphatic heterocycles. The molecule has 3 rings (SSSR count). The van der Waals surface area contributed by atoms with Gasteiger partial charge in [0.25, 0.3) is 0 Å². The molecular weight excluding hydrogens is 396 g/mol. The Balaban J connectivity index is 2.38. The number of phenols is 2. The Kier molecular flexibility index (Phi) is 6.68. The van der Waals surface area contributed by atoms with Gasteiger partial charge in [-0.05, 0) is 37.5 Å². The molecular formula is C25H32O6. The van der Waals surface area contributed by atoms with Crippen LogP contribution in [0.15, 0.2) is 21.3 Å². The van der Waals surface area contributed by atoms with Crippen LogP contribution in [-0.2, 0) is 12.8 Å². The fraction of sp³-hybridized carbons (Fsp3) is 0.480. The standard InChI is InChI=1S/C25H32O6/c1-13(2)7-9-15-17(29-5)11-19-22(24(15)27)25(28)21-16(10-8-14(3)4)23(26)20(30-6)12-18(21)31-19/h11-14,26-27H,7-10H2,1-6H3. The average molecular weight is 429 g/mol. The second kappa shape index (κ2) is 9.08. The van der Waals surface area contributed by atoms with Gasteiger partial charge in [-0.2, -0.15) is 0 Å². The number of aryl methyl sites for hydroxylation is 1. The van der Waals surface area contributed by atoms with Crippen molar-refractivity contribution in [1.29, 1.82) is 0 Å². The van der Waals surface area contributed by atoms with E-state index in [9.17, 15) is 15.0 Å². The van der Waals surface area contributed by atoms with Gasteiger partial charge in [-0.3, -0.25) is 4.79 Å². The zero-order chi connectivity index (χ0) is 22.9. The molecule has 1 heterocycles. The first kappa shape index (κ1) is 22.8. The minimum atomic E-state index is -0.362. The third kappa shape index (κ3) is 4.29. The van der Waals surface area contributed by atoms with Crippen LogP contribution in [0.4, 0.5) is 0 Å². The van der Waals surface area contributed by atoms with Crippen molar-refractivity contribution in [2.24, 2.45) is 11.8 Å². The number of benzene rings is 2. The minimum absolute atomic E-state index is 0.0599. The Morgan fingerprint density at radius 3 is 1.87 bits per heavy atom. The number of rotatable bonds is 8. The van der Waals surface area contributed by atoms with E-state index in [1.54, 1.807) is 6.07 Å². The molecule has 1 aromatic heterocycles. The molecule has 0 saturated heterocycles. The van der Waals surface area contributed by atoms with Gasteiger partial charge >= 0.3 is 0 Å². The Labute approximate surface area is 182 Å². The number of aromatic hydroxyl groups is 2. The molecule has 0 unspecified atom stereocenters. The van der Waals surface area contributed by atoms with Crippen LogP contribution in [0.25, 0.3) is 21.9 Å². The van der Waals surface area contributed by atoms with Gasteiger partial charge in [0.15, 0.2) is 11.5 Å². The van der Waals surface area contributed by atoms with Crippen molar-refractivity contribution in [3.63, 3.8) is 0 Å². The van der Waals surface area contributed by atoms with E-state index >= 15 is 0 Å². The van der Waals surface area contributed by atoms with Crippen LogP contribution in [0, 0.1) is 11.8 Å². The topological polar surface area (TPSA) is 89.1 Å². The highest BCUT2D eigenvalue weighted by atomic mass is 16.5. The van der Waals surface area contributed by atoms with Gasteiger partial charge in [-0.25, -0.2) is 0 Å². The molecule has 0 radical (unpaired) electrons. The molecule has 0 aliphatic carbocycles. The van der Waals surface area contributed by atoms with Crippen LogP contribution in [0.5, 0.6) is 23.0 Å². The van der Waals surface area contributed by atoms with Crippen molar-refractivity contribution < 1.29 is 24.1 Å². The smallest absolute Gasteiger partial charge is 0.204 e. The molecule has 6 nitrogen and oxygen atoms in total. The van der Waals surface area contributed by atoms with Crippen LogP contribution in [-0.4, -0.2) is 24.4 Å². The Hall–Kier alpha value is -2.89. The molecule has 3 aromatic rings. The number of ether oxygens (including phenoxy) is 2. The normalized spacial score (nSPS) is 11.7. The van der Waals surface area contributed by atoms with E-state index < -0.39 is 0 Å². The van der Waals surface area contributed by atoms with Crippen molar-refractivity contribution in [1.82, 2.24) is 0 Å². The number of phenolic OH excluding ortho intramolecular Hbond substituents is 2. The predicted molar refractivity (Wildman–Crippen MR) is 123 cm³/mol. The van der Waals surface area contributed by atoms with Crippen molar-refractivity contribution in [2.45, 2.75) is 53.4 Å². The molecule has 6 heteroatoms. The van der Waals surface area contributed by atoms with E-state index in [0.29, 0.717) is 47.1 Å². The zero-order valence-electron chi connectivity index (χ0n) is 19.2. The predicted octanol–water partition coefficient (Wildman–Crippen LogP) is 5.55. The van der Waals surface area contributed by atoms with Crippen molar-refractivity contribution in [2.75, 3.05) is 14.2 Å². The Bertz CT molecular complexity index is 1160. The quantitative estimate of drug-likeness (QED) is 0.457. The summed E-state index contributed by atoms with van der Waals surface area (Å²) >= 11 is 0. The first-order chi connectivity index (χ1) is 14.7. The van der Waals surface area contributed by atoms with Crippen LogP contribution in [0.1, 0.15) is 51.7 Å². The van der Waals surface area contributed by atoms with Crippen LogP contribution < -0.4 is 14.9 Å². The Morgan fingerprint density at radius 2 is 1.32 bits per heavy atom. The van der Waals surface area contributed by atoms with Crippen molar-refractivity contribution in [3.05, 3.63) is 33.5 Å². The van der Waals surface area contributed by atoms with Gasteiger partial charge in [0.1, 0.15) is 28.1 Å². The summed E-state index contributed by atoms with van der Waals surface area (Å²) in [6.07, 6.45) is 2.69. The second-order valence-electron chi connectivity index (χ2n) is 8.85. The summed E-state index contributed by atoms with van der Waals surface area (Å²) in [5.41, 5.74) is 1.26. The van der Waals surface area contributed by atoms with Gasteiger partial charge in [0.05, 0.1) is 19.6 Å². The summed E-state index contributed by atoms with van der Waals surface area (Å²) in [5, 5.41) is 22.2. The number of fused-ring (bicyclic) bond motifs is 2. The van der Waals surface area contributed by atoms with Gasteiger partial charge in [0, 0.05) is 23.3 Å². The lowest BCUT2D eigenvalue weighted by atomic mass is 9.95. The lowest BCUT2D eigenvalue weighted by Crippen LogP contribution is -2.09. The highest BCUT2D eigenvalue weighted by Crippen LogP contribution is 2.41. The number of hydrogen-bond donors (Lipinski definition) is 2. The second-order valence-corrected chi connectivity index (χ2v) is 8.85. The van der Waals surface area contributed by atoms with Crippen LogP contribution >= 0.6 is 0 Å². The molecule has 0 atom stereocenters. The molecule has 168 valence electrons. The first-order valence-corrected chi connectivity index (χ1v) is 10.8. The number of hydrogen-bond acceptors (Lipinski definition) is 6. The fourth-order valence-electron chi connectivity index (χ4n) is 3.90. The van der Waals surface area contributed by atoms with E-state index in [0.717, 1.165) is 12.8 Å². The zero-order valence-corrected chi connectivity index (χ0v) is 19.2. The molecule has 0 bridgehead atoms. The fourth-order valence-corrected chi connectivity index (χ4v) is 3.90. The molecule has 2 aromatic carbocycles. The van der Waals surface area contributed by atoms with Gasteiger partial charge in [-0.15, -0.1) is 0 Å². The monoisotopic (exact) mass is 428 g/mol. The maximum absolute atomic E-state index is 13.6. The third-order valence-corrected chi connectivity index (χ3v) is 5.72. The summed E-state index contributed by atoms with van der Waals surface area (Å²) < 4.78 is 16.8. The summed E-state index contributed by atoms with van der Waals surface area (Å²) in [7, 11) is 2.99. The molecule has 0 spiro atoms. The highest BCUT2D eigenvalue weighted by molar-refractivity contribution is 5.97. The molecule has 2 N–H and O–H groups in total. The number of methoxy groups -OCH3 is 2. The maximum Gasteiger partial charge on any atom is 0.204 e. The first-order valence-electron chi connectivity index (χ1n) is 10.8. The van der Waals surface area contributed by atoms with E-state index in [4.69, 9.17) is 13.9 Å². The summed E-state index contributed by atoms with van der Waals surface area (Å²) in [5.74, 6) is 1.37. The maximum atomic E-state index is 13.6. The summed E-state index contributed by atoms with van der Waals surface area (Å²) in [4.78, 5) is 13.6. The van der Waals surface area contributed by atoms with Crippen molar-refractivity contribution in [3.8, 4) is 23.0 Å². The molecule has 0 saturated carbocycles. The van der Waals surface area contributed by atoms with E-state index in [1.165, 1.54) is 20.3 Å². The van der Waals surface area contributed by atoms with E-state index in [-0.39, 0.29) is 39.0 Å². The van der Waals surface area contributed by atoms with Gasteiger partial charge in [0.2, 0.25) is 5.43 Å². The van der Waals surface area contributed by atoms with Crippen LogP contribution in [0.2, 0.25) is 0 Å². The summed E-state index contributed by atoms with van der Waals surface area (Å²) in [6.45, 7) is 8.36. The van der Waals surface area contributed by atoms with Crippen molar-refractivity contribution >= 4 is 21.9 Å². The molecule has 31 heavy (non-hydrogen) atoms. The van der Waals surface area contributed by atoms with Gasteiger partial charge < -0.3 is 24.1 Å². The minimum Gasteiger partial charge on any atom is -0.507 e. The Morgan fingerprint density at radius 1 is 0.806 bits per heavy atom. The SMILES string of the molecule is COc1cc2oc3cc(OC)c(CCC(C)C)c(O)c3c(=O)c2c(CCC(C)C)c1O.